The second-order valence-electron chi connectivity index (χ2n) is 4.06. The van der Waals surface area contributed by atoms with Gasteiger partial charge in [-0.1, -0.05) is 0 Å². The maximum Gasteiger partial charge on any atom is 0.305 e. The summed E-state index contributed by atoms with van der Waals surface area (Å²) < 4.78 is 0. The molecular formula is C11H19NO3S. The Labute approximate surface area is 100 Å². The van der Waals surface area contributed by atoms with E-state index in [1.807, 2.05) is 6.26 Å². The Hall–Kier alpha value is -0.710. The zero-order chi connectivity index (χ0) is 12.0. The molecule has 1 saturated carbocycles. The highest BCUT2D eigenvalue weighted by molar-refractivity contribution is 7.98. The highest BCUT2D eigenvalue weighted by atomic mass is 32.2. The second kappa shape index (κ2) is 6.78. The van der Waals surface area contributed by atoms with Crippen LogP contribution in [-0.4, -0.2) is 46.5 Å². The molecule has 1 aliphatic carbocycles. The largest absolute Gasteiger partial charge is 0.481 e. The van der Waals surface area contributed by atoms with Gasteiger partial charge in [0, 0.05) is 19.0 Å². The maximum atomic E-state index is 11.8. The van der Waals surface area contributed by atoms with Crippen molar-refractivity contribution in [3.05, 3.63) is 0 Å². The van der Waals surface area contributed by atoms with Crippen molar-refractivity contribution in [2.24, 2.45) is 0 Å². The molecule has 5 heteroatoms. The molecule has 0 unspecified atom stereocenters. The Morgan fingerprint density at radius 2 is 2.06 bits per heavy atom. The third-order valence-corrected chi connectivity index (χ3v) is 3.31. The molecule has 0 saturated heterocycles. The standard InChI is InChI=1S/C11H19NO3S/c1-16-8-2-3-10(13)12(9-4-5-9)7-6-11(14)15/h9H,2-8H2,1H3,(H,14,15). The molecule has 16 heavy (non-hydrogen) atoms. The van der Waals surface area contributed by atoms with E-state index >= 15 is 0 Å². The van der Waals surface area contributed by atoms with Crippen molar-refractivity contribution in [3.63, 3.8) is 0 Å². The summed E-state index contributed by atoms with van der Waals surface area (Å²) in [6.07, 6.45) is 5.59. The van der Waals surface area contributed by atoms with Gasteiger partial charge >= 0.3 is 5.97 Å². The van der Waals surface area contributed by atoms with Crippen molar-refractivity contribution < 1.29 is 14.7 Å². The molecule has 1 rings (SSSR count). The average Bonchev–Trinajstić information content (AvgIpc) is 3.02. The number of carboxylic acid groups (broad SMARTS) is 1. The monoisotopic (exact) mass is 245 g/mol. The Morgan fingerprint density at radius 3 is 2.56 bits per heavy atom. The molecule has 0 bridgehead atoms. The minimum atomic E-state index is -0.831. The lowest BCUT2D eigenvalue weighted by molar-refractivity contribution is -0.138. The van der Waals surface area contributed by atoms with Crippen LogP contribution in [0.3, 0.4) is 0 Å². The first-order chi connectivity index (χ1) is 7.65. The smallest absolute Gasteiger partial charge is 0.305 e. The highest BCUT2D eigenvalue weighted by Crippen LogP contribution is 2.27. The summed E-state index contributed by atoms with van der Waals surface area (Å²) in [5.41, 5.74) is 0. The van der Waals surface area contributed by atoms with Crippen LogP contribution in [0.1, 0.15) is 32.1 Å². The SMILES string of the molecule is CSCCCC(=O)N(CCC(=O)O)C1CC1. The lowest BCUT2D eigenvalue weighted by Gasteiger charge is -2.21. The van der Waals surface area contributed by atoms with Gasteiger partial charge in [0.15, 0.2) is 0 Å². The van der Waals surface area contributed by atoms with Crippen LogP contribution in [0, 0.1) is 0 Å². The van der Waals surface area contributed by atoms with Crippen molar-refractivity contribution in [2.45, 2.75) is 38.1 Å². The molecule has 92 valence electrons. The molecule has 0 aromatic rings. The number of carboxylic acids is 1. The number of hydrogen-bond donors (Lipinski definition) is 1. The lowest BCUT2D eigenvalue weighted by Crippen LogP contribution is -2.34. The fourth-order valence-corrected chi connectivity index (χ4v) is 2.06. The van der Waals surface area contributed by atoms with Crippen LogP contribution in [0.2, 0.25) is 0 Å². The van der Waals surface area contributed by atoms with Crippen LogP contribution in [0.5, 0.6) is 0 Å². The predicted octanol–water partition coefficient (Wildman–Crippen LogP) is 1.60. The van der Waals surface area contributed by atoms with E-state index < -0.39 is 5.97 Å². The van der Waals surface area contributed by atoms with Gasteiger partial charge in [-0.05, 0) is 31.3 Å². The first-order valence-electron chi connectivity index (χ1n) is 5.65. The van der Waals surface area contributed by atoms with Gasteiger partial charge in [0.25, 0.3) is 0 Å². The summed E-state index contributed by atoms with van der Waals surface area (Å²) in [5.74, 6) is 0.281. The number of rotatable bonds is 8. The molecule has 1 N–H and O–H groups in total. The Morgan fingerprint density at radius 1 is 1.38 bits per heavy atom. The normalized spacial score (nSPS) is 14.8. The Bertz CT molecular complexity index is 254. The third-order valence-electron chi connectivity index (χ3n) is 2.61. The summed E-state index contributed by atoms with van der Waals surface area (Å²) in [6.45, 7) is 0.373. The summed E-state index contributed by atoms with van der Waals surface area (Å²) in [7, 11) is 0. The number of nitrogens with zero attached hydrogens (tertiary/aromatic N) is 1. The van der Waals surface area contributed by atoms with E-state index in [0.29, 0.717) is 19.0 Å². The van der Waals surface area contributed by atoms with Gasteiger partial charge in [-0.25, -0.2) is 0 Å². The summed E-state index contributed by atoms with van der Waals surface area (Å²) in [5, 5.41) is 8.62. The number of amides is 1. The maximum absolute atomic E-state index is 11.8. The van der Waals surface area contributed by atoms with E-state index in [0.717, 1.165) is 25.0 Å². The molecule has 0 spiro atoms. The van der Waals surface area contributed by atoms with Crippen molar-refractivity contribution in [2.75, 3.05) is 18.6 Å². The van der Waals surface area contributed by atoms with Crippen LogP contribution < -0.4 is 0 Å². The fraction of sp³-hybridized carbons (Fsp3) is 0.818. The summed E-state index contributed by atoms with van der Waals surface area (Å²) in [4.78, 5) is 24.1. The summed E-state index contributed by atoms with van der Waals surface area (Å²) in [6, 6.07) is 0.320. The van der Waals surface area contributed by atoms with Crippen molar-refractivity contribution >= 4 is 23.6 Å². The average molecular weight is 245 g/mol. The zero-order valence-electron chi connectivity index (χ0n) is 9.65. The molecule has 0 aromatic carbocycles. The van der Waals surface area contributed by atoms with E-state index in [-0.39, 0.29) is 12.3 Å². The molecule has 0 aromatic heterocycles. The fourth-order valence-electron chi connectivity index (χ4n) is 1.62. The highest BCUT2D eigenvalue weighted by Gasteiger charge is 2.32. The van der Waals surface area contributed by atoms with E-state index in [1.54, 1.807) is 16.7 Å². The molecule has 0 radical (unpaired) electrons. The number of hydrogen-bond acceptors (Lipinski definition) is 3. The minimum absolute atomic E-state index is 0.0603. The van der Waals surface area contributed by atoms with E-state index in [1.165, 1.54) is 0 Å². The van der Waals surface area contributed by atoms with E-state index in [9.17, 15) is 9.59 Å². The van der Waals surface area contributed by atoms with Gasteiger partial charge < -0.3 is 10.0 Å². The van der Waals surface area contributed by atoms with Crippen LogP contribution in [0.15, 0.2) is 0 Å². The van der Waals surface area contributed by atoms with Crippen molar-refractivity contribution in [3.8, 4) is 0 Å². The second-order valence-corrected chi connectivity index (χ2v) is 5.04. The number of carbonyl (C=O) groups is 2. The van der Waals surface area contributed by atoms with Crippen molar-refractivity contribution in [1.29, 1.82) is 0 Å². The first kappa shape index (κ1) is 13.4. The third kappa shape index (κ3) is 4.88. The van der Waals surface area contributed by atoms with Crippen LogP contribution >= 0.6 is 11.8 Å². The van der Waals surface area contributed by atoms with Crippen LogP contribution in [0.4, 0.5) is 0 Å². The molecule has 0 heterocycles. The molecule has 0 atom stereocenters. The van der Waals surface area contributed by atoms with Gasteiger partial charge in [-0.3, -0.25) is 9.59 Å². The van der Waals surface area contributed by atoms with Gasteiger partial charge in [0.1, 0.15) is 0 Å². The Kier molecular flexibility index (Phi) is 5.66. The van der Waals surface area contributed by atoms with Crippen LogP contribution in [0.25, 0.3) is 0 Å². The van der Waals surface area contributed by atoms with Gasteiger partial charge in [-0.15, -0.1) is 0 Å². The summed E-state index contributed by atoms with van der Waals surface area (Å²) >= 11 is 1.73. The molecule has 0 aliphatic heterocycles. The topological polar surface area (TPSA) is 57.6 Å². The Balaban J connectivity index is 2.30. The molecule has 1 aliphatic rings. The molecule has 4 nitrogen and oxygen atoms in total. The first-order valence-corrected chi connectivity index (χ1v) is 7.04. The zero-order valence-corrected chi connectivity index (χ0v) is 10.5. The molecular weight excluding hydrogens is 226 g/mol. The number of aliphatic carboxylic acids is 1. The van der Waals surface area contributed by atoms with Crippen LogP contribution in [-0.2, 0) is 9.59 Å². The molecule has 1 amide bonds. The van der Waals surface area contributed by atoms with E-state index in [4.69, 9.17) is 5.11 Å². The molecule has 1 fully saturated rings. The number of carbonyl (C=O) groups excluding carboxylic acids is 1. The van der Waals surface area contributed by atoms with Gasteiger partial charge in [0.2, 0.25) is 5.91 Å². The van der Waals surface area contributed by atoms with Crippen molar-refractivity contribution in [1.82, 2.24) is 4.90 Å². The quantitative estimate of drug-likeness (QED) is 0.660. The number of thioether (sulfide) groups is 1. The van der Waals surface area contributed by atoms with E-state index in [2.05, 4.69) is 0 Å². The lowest BCUT2D eigenvalue weighted by atomic mass is 10.2. The van der Waals surface area contributed by atoms with Gasteiger partial charge in [0.05, 0.1) is 6.42 Å². The predicted molar refractivity (Wildman–Crippen MR) is 64.6 cm³/mol. The minimum Gasteiger partial charge on any atom is -0.481 e. The van der Waals surface area contributed by atoms with Gasteiger partial charge in [-0.2, -0.15) is 11.8 Å².